The number of hydrogen-bond acceptors (Lipinski definition) is 8. The zero-order valence-electron chi connectivity index (χ0n) is 21.8. The number of esters is 1. The molecule has 1 aliphatic heterocycles. The predicted molar refractivity (Wildman–Crippen MR) is 134 cm³/mol. The highest BCUT2D eigenvalue weighted by atomic mass is 16.7. The van der Waals surface area contributed by atoms with Crippen molar-refractivity contribution >= 4 is 22.7 Å². The molecule has 4 rings (SSSR count). The van der Waals surface area contributed by atoms with E-state index in [1.165, 1.54) is 6.92 Å². The molecule has 36 heavy (non-hydrogen) atoms. The van der Waals surface area contributed by atoms with Crippen LogP contribution in [0.4, 0.5) is 0 Å². The van der Waals surface area contributed by atoms with Crippen molar-refractivity contribution in [2.75, 3.05) is 6.61 Å². The van der Waals surface area contributed by atoms with E-state index in [0.717, 1.165) is 48.1 Å². The highest BCUT2D eigenvalue weighted by Gasteiger charge is 2.23. The van der Waals surface area contributed by atoms with E-state index in [1.807, 2.05) is 46.8 Å². The van der Waals surface area contributed by atoms with E-state index < -0.39 is 11.6 Å². The maximum absolute atomic E-state index is 12.5. The quantitative estimate of drug-likeness (QED) is 0.336. The minimum absolute atomic E-state index is 0.0817. The lowest BCUT2D eigenvalue weighted by Gasteiger charge is -2.25. The van der Waals surface area contributed by atoms with Gasteiger partial charge in [0.1, 0.15) is 23.9 Å². The summed E-state index contributed by atoms with van der Waals surface area (Å²) in [5.41, 5.74) is 2.96. The first kappa shape index (κ1) is 25.9. The van der Waals surface area contributed by atoms with Gasteiger partial charge in [0.25, 0.3) is 0 Å². The third-order valence-electron chi connectivity index (χ3n) is 5.93. The number of hydrogen-bond donors (Lipinski definition) is 0. The summed E-state index contributed by atoms with van der Waals surface area (Å²) in [6.45, 7) is 11.4. The Labute approximate surface area is 211 Å². The minimum Gasteiger partial charge on any atom is -0.459 e. The second-order valence-corrected chi connectivity index (χ2v) is 10.2. The first-order valence-corrected chi connectivity index (χ1v) is 12.3. The fraction of sp³-hybridized carbons (Fsp3) is 0.519. The van der Waals surface area contributed by atoms with Gasteiger partial charge in [0.05, 0.1) is 5.52 Å². The Balaban J connectivity index is 1.61. The van der Waals surface area contributed by atoms with Crippen LogP contribution in [-0.2, 0) is 25.5 Å². The number of carbonyl (C=O) groups excluding carboxylic acids is 2. The van der Waals surface area contributed by atoms with Crippen molar-refractivity contribution in [1.82, 2.24) is 19.7 Å². The Bertz CT molecular complexity index is 1250. The maximum atomic E-state index is 12.5. The first-order valence-electron chi connectivity index (χ1n) is 12.3. The molecule has 3 aromatic rings. The third-order valence-corrected chi connectivity index (χ3v) is 5.93. The number of aryl methyl sites for hydroxylation is 1. The van der Waals surface area contributed by atoms with Gasteiger partial charge in [0.2, 0.25) is 0 Å². The Morgan fingerprint density at radius 2 is 1.89 bits per heavy atom. The van der Waals surface area contributed by atoms with E-state index in [2.05, 4.69) is 15.1 Å². The topological polar surface area (TPSA) is 105 Å². The van der Waals surface area contributed by atoms with Crippen molar-refractivity contribution < 1.29 is 23.8 Å². The Hall–Kier alpha value is -3.17. The van der Waals surface area contributed by atoms with E-state index >= 15 is 0 Å². The van der Waals surface area contributed by atoms with E-state index in [9.17, 15) is 9.59 Å². The average Bonchev–Trinajstić information content (AvgIpc) is 3.17. The molecule has 0 bridgehead atoms. The molecule has 0 N–H and O–H groups in total. The molecule has 0 saturated carbocycles. The molecule has 9 nitrogen and oxygen atoms in total. The summed E-state index contributed by atoms with van der Waals surface area (Å²) in [6, 6.07) is 3.87. The van der Waals surface area contributed by atoms with E-state index in [0.29, 0.717) is 16.9 Å². The van der Waals surface area contributed by atoms with Crippen LogP contribution in [0.3, 0.4) is 0 Å². The normalized spacial score (nSPS) is 17.2. The molecule has 0 amide bonds. The molecule has 1 aromatic carbocycles. The van der Waals surface area contributed by atoms with Crippen LogP contribution in [0.1, 0.15) is 81.9 Å². The van der Waals surface area contributed by atoms with Gasteiger partial charge in [-0.05, 0) is 77.1 Å². The molecular formula is C27H34N4O5. The molecule has 0 aliphatic carbocycles. The van der Waals surface area contributed by atoms with Gasteiger partial charge in [-0.2, -0.15) is 5.10 Å². The number of carbonyl (C=O) groups is 2. The molecular weight excluding hydrogens is 460 g/mol. The number of ketones is 1. The van der Waals surface area contributed by atoms with Gasteiger partial charge in [0.15, 0.2) is 17.9 Å². The summed E-state index contributed by atoms with van der Waals surface area (Å²) >= 11 is 0. The summed E-state index contributed by atoms with van der Waals surface area (Å²) < 4.78 is 18.6. The van der Waals surface area contributed by atoms with Gasteiger partial charge in [-0.3, -0.25) is 14.3 Å². The van der Waals surface area contributed by atoms with Crippen LogP contribution in [0.15, 0.2) is 24.5 Å². The van der Waals surface area contributed by atoms with Crippen LogP contribution < -0.4 is 0 Å². The van der Waals surface area contributed by atoms with Gasteiger partial charge >= 0.3 is 5.97 Å². The molecule has 192 valence electrons. The molecule has 1 saturated heterocycles. The number of nitrogens with zero attached hydrogens (tertiary/aromatic N) is 4. The zero-order chi connectivity index (χ0) is 26.0. The van der Waals surface area contributed by atoms with E-state index in [-0.39, 0.29) is 24.7 Å². The second kappa shape index (κ2) is 10.4. The molecule has 2 aromatic heterocycles. The van der Waals surface area contributed by atoms with Crippen molar-refractivity contribution in [3.05, 3.63) is 41.6 Å². The van der Waals surface area contributed by atoms with Gasteiger partial charge in [-0.15, -0.1) is 0 Å². The molecule has 9 heteroatoms. The van der Waals surface area contributed by atoms with Crippen LogP contribution in [-0.4, -0.2) is 50.0 Å². The molecule has 1 aliphatic rings. The van der Waals surface area contributed by atoms with Crippen molar-refractivity contribution in [2.24, 2.45) is 0 Å². The number of benzene rings is 1. The molecule has 0 radical (unpaired) electrons. The van der Waals surface area contributed by atoms with E-state index in [4.69, 9.17) is 14.2 Å². The number of Topliss-reactive ketones (excluding diaryl/α,β-unsaturated/α-hetero) is 1. The van der Waals surface area contributed by atoms with Crippen molar-refractivity contribution in [3.63, 3.8) is 0 Å². The lowest BCUT2D eigenvalue weighted by Crippen LogP contribution is -2.27. The lowest BCUT2D eigenvalue weighted by molar-refractivity contribution is -0.187. The molecule has 1 fully saturated rings. The van der Waals surface area contributed by atoms with Crippen LogP contribution in [0.5, 0.6) is 0 Å². The zero-order valence-corrected chi connectivity index (χ0v) is 21.8. The van der Waals surface area contributed by atoms with Crippen molar-refractivity contribution in [1.29, 1.82) is 0 Å². The Kier molecular flexibility index (Phi) is 7.51. The van der Waals surface area contributed by atoms with Crippen LogP contribution >= 0.6 is 0 Å². The van der Waals surface area contributed by atoms with E-state index in [1.54, 1.807) is 17.1 Å². The standard InChI is InChI=1S/C27H34N4O5/c1-16-11-19(20-13-28-26(29-14-20)18(3)35-23-9-7-8-10-34-23)12-21-24(17(2)32)30-31(25(16)21)15-22(33)36-27(4,5)6/h11-14,18,23H,7-10,15H2,1-6H3. The highest BCUT2D eigenvalue weighted by Crippen LogP contribution is 2.30. The summed E-state index contributed by atoms with van der Waals surface area (Å²) in [4.78, 5) is 33.9. The monoisotopic (exact) mass is 494 g/mol. The second-order valence-electron chi connectivity index (χ2n) is 10.2. The summed E-state index contributed by atoms with van der Waals surface area (Å²) in [7, 11) is 0. The fourth-order valence-electron chi connectivity index (χ4n) is 4.37. The number of aromatic nitrogens is 4. The minimum atomic E-state index is -0.607. The Morgan fingerprint density at radius 3 is 2.50 bits per heavy atom. The Morgan fingerprint density at radius 1 is 1.17 bits per heavy atom. The first-order chi connectivity index (χ1) is 17.0. The molecule has 2 atom stereocenters. The van der Waals surface area contributed by atoms with Crippen molar-refractivity contribution in [2.45, 2.75) is 85.3 Å². The smallest absolute Gasteiger partial charge is 0.328 e. The molecule has 3 heterocycles. The van der Waals surface area contributed by atoms with Gasteiger partial charge in [0, 0.05) is 36.9 Å². The summed E-state index contributed by atoms with van der Waals surface area (Å²) in [5, 5.41) is 5.13. The largest absolute Gasteiger partial charge is 0.459 e. The maximum Gasteiger partial charge on any atom is 0.328 e. The molecule has 0 spiro atoms. The van der Waals surface area contributed by atoms with Crippen LogP contribution in [0.25, 0.3) is 22.0 Å². The SMILES string of the molecule is CC(=O)c1nn(CC(=O)OC(C)(C)C)c2c(C)cc(-c3cnc(C(C)OC4CCCCO4)nc3)cc12. The third kappa shape index (κ3) is 5.96. The van der Waals surface area contributed by atoms with Crippen LogP contribution in [0.2, 0.25) is 0 Å². The number of fused-ring (bicyclic) bond motifs is 1. The van der Waals surface area contributed by atoms with Crippen molar-refractivity contribution in [3.8, 4) is 11.1 Å². The summed E-state index contributed by atoms with van der Waals surface area (Å²) in [5.74, 6) is -0.00764. The number of ether oxygens (including phenoxy) is 3. The van der Waals surface area contributed by atoms with Gasteiger partial charge in [-0.1, -0.05) is 0 Å². The van der Waals surface area contributed by atoms with Gasteiger partial charge in [-0.25, -0.2) is 9.97 Å². The summed E-state index contributed by atoms with van der Waals surface area (Å²) in [6.07, 6.45) is 6.03. The molecule has 2 unspecified atom stereocenters. The van der Waals surface area contributed by atoms with Crippen LogP contribution in [0, 0.1) is 6.92 Å². The lowest BCUT2D eigenvalue weighted by atomic mass is 10.0. The fourth-order valence-corrected chi connectivity index (χ4v) is 4.37. The number of rotatable bonds is 7. The predicted octanol–water partition coefficient (Wildman–Crippen LogP) is 4.95. The highest BCUT2D eigenvalue weighted by molar-refractivity contribution is 6.06. The average molecular weight is 495 g/mol. The van der Waals surface area contributed by atoms with Gasteiger partial charge < -0.3 is 14.2 Å².